The molecular weight excluding hydrogens is 233 g/mol. The average molecular weight is 243 g/mol. The Morgan fingerprint density at radius 2 is 2.50 bits per heavy atom. The van der Waals surface area contributed by atoms with Gasteiger partial charge in [0.1, 0.15) is 0 Å². The molecule has 8 heteroatoms. The van der Waals surface area contributed by atoms with Crippen LogP contribution in [0.15, 0.2) is 17.1 Å². The molecule has 1 rings (SSSR count). The Labute approximate surface area is 92.0 Å². The van der Waals surface area contributed by atoms with Crippen LogP contribution < -0.4 is 11.4 Å². The van der Waals surface area contributed by atoms with Crippen LogP contribution in [0, 0.1) is 5.81 Å². The van der Waals surface area contributed by atoms with Gasteiger partial charge in [-0.1, -0.05) is 0 Å². The third-order valence-corrected chi connectivity index (χ3v) is 1.94. The Hall–Kier alpha value is -1.39. The second-order valence-electron chi connectivity index (χ2n) is 2.89. The standard InChI is InChI=1S/C8H10N3O4P/c9-7-1-2-11(8(13)10-7)3-6(4-12)15-5-16-14/h1-2,6,12H,3-4H2,(H2,9,10,13). The topological polar surface area (TPSA) is 107 Å². The Morgan fingerprint density at radius 3 is 3.06 bits per heavy atom. The third-order valence-electron chi connectivity index (χ3n) is 1.76. The molecule has 86 valence electrons. The monoisotopic (exact) mass is 243 g/mol. The Morgan fingerprint density at radius 1 is 1.75 bits per heavy atom. The number of aliphatic hydroxyl groups is 1. The third kappa shape index (κ3) is 3.64. The first-order valence-electron chi connectivity index (χ1n) is 4.34. The van der Waals surface area contributed by atoms with Crippen molar-refractivity contribution in [2.24, 2.45) is 0 Å². The van der Waals surface area contributed by atoms with Gasteiger partial charge in [0.2, 0.25) is 0 Å². The van der Waals surface area contributed by atoms with E-state index in [1.54, 1.807) is 0 Å². The number of nitrogen functional groups attached to an aromatic ring is 1. The average Bonchev–Trinajstić information content (AvgIpc) is 2.27. The SMILES string of the molecule is Nc1ccn(CC(CO)OC#P=O)c(=O)n1. The number of aliphatic hydroxyl groups excluding tert-OH is 1. The molecule has 0 aliphatic heterocycles. The van der Waals surface area contributed by atoms with E-state index in [0.717, 1.165) is 0 Å². The van der Waals surface area contributed by atoms with Crippen LogP contribution >= 0.6 is 7.92 Å². The first-order chi connectivity index (χ1) is 7.67. The molecule has 1 heterocycles. The van der Waals surface area contributed by atoms with Gasteiger partial charge < -0.3 is 0 Å². The molecule has 1 aromatic heterocycles. The van der Waals surface area contributed by atoms with Crippen molar-refractivity contribution in [3.8, 4) is 5.81 Å². The summed E-state index contributed by atoms with van der Waals surface area (Å²) in [6.45, 7) is -0.259. The van der Waals surface area contributed by atoms with Gasteiger partial charge in [-0.15, -0.1) is 0 Å². The predicted octanol–water partition coefficient (Wildman–Crippen LogP) is -0.589. The second-order valence-corrected chi connectivity index (χ2v) is 3.26. The van der Waals surface area contributed by atoms with Crippen molar-refractivity contribution in [1.29, 1.82) is 0 Å². The summed E-state index contributed by atoms with van der Waals surface area (Å²) in [7, 11) is -0.420. The fourth-order valence-electron chi connectivity index (χ4n) is 1.03. The molecule has 0 aliphatic rings. The van der Waals surface area contributed by atoms with Gasteiger partial charge in [-0.25, -0.2) is 0 Å². The van der Waals surface area contributed by atoms with Gasteiger partial charge in [-0.3, -0.25) is 0 Å². The predicted molar refractivity (Wildman–Crippen MR) is 56.4 cm³/mol. The summed E-state index contributed by atoms with van der Waals surface area (Å²) in [5.74, 6) is 2.17. The van der Waals surface area contributed by atoms with Gasteiger partial charge in [0.05, 0.1) is 0 Å². The van der Waals surface area contributed by atoms with Gasteiger partial charge in [0.15, 0.2) is 0 Å². The normalized spacial score (nSPS) is 11.8. The van der Waals surface area contributed by atoms with Crippen molar-refractivity contribution in [1.82, 2.24) is 9.55 Å². The van der Waals surface area contributed by atoms with E-state index in [9.17, 15) is 9.36 Å². The first-order valence-corrected chi connectivity index (χ1v) is 5.15. The fraction of sp³-hybridized carbons (Fsp3) is 0.375. The van der Waals surface area contributed by atoms with E-state index in [2.05, 4.69) is 4.98 Å². The summed E-state index contributed by atoms with van der Waals surface area (Å²) >= 11 is 0. The second kappa shape index (κ2) is 6.25. The Bertz CT molecular complexity index is 509. The van der Waals surface area contributed by atoms with Crippen molar-refractivity contribution >= 4 is 13.7 Å². The van der Waals surface area contributed by atoms with Crippen molar-refractivity contribution in [2.75, 3.05) is 12.3 Å². The quantitative estimate of drug-likeness (QED) is 0.684. The van der Waals surface area contributed by atoms with Crippen LogP contribution in [-0.4, -0.2) is 27.4 Å². The number of hydrogen-bond donors (Lipinski definition) is 2. The van der Waals surface area contributed by atoms with Crippen LogP contribution in [0.3, 0.4) is 0 Å². The summed E-state index contributed by atoms with van der Waals surface area (Å²) in [6.07, 6.45) is 0.732. The van der Waals surface area contributed by atoms with Crippen LogP contribution in [-0.2, 0) is 15.8 Å². The molecule has 0 saturated carbocycles. The van der Waals surface area contributed by atoms with Crippen molar-refractivity contribution < 1.29 is 14.4 Å². The Balaban J connectivity index is 2.80. The summed E-state index contributed by atoms with van der Waals surface area (Å²) < 4.78 is 16.1. The number of hydrogen-bond acceptors (Lipinski definition) is 6. The van der Waals surface area contributed by atoms with Gasteiger partial charge in [0.25, 0.3) is 0 Å². The van der Waals surface area contributed by atoms with Crippen LogP contribution in [0.25, 0.3) is 0 Å². The number of rotatable bonds is 4. The molecule has 0 spiro atoms. The molecule has 0 radical (unpaired) electrons. The zero-order chi connectivity index (χ0) is 12.0. The van der Waals surface area contributed by atoms with Crippen molar-refractivity contribution in [2.45, 2.75) is 12.6 Å². The maximum absolute atomic E-state index is 11.3. The van der Waals surface area contributed by atoms with Crippen LogP contribution in [0.5, 0.6) is 0 Å². The summed E-state index contributed by atoms with van der Waals surface area (Å²) in [5.41, 5.74) is 4.77. The Kier molecular flexibility index (Phi) is 4.95. The van der Waals surface area contributed by atoms with E-state index in [-0.39, 0.29) is 19.0 Å². The zero-order valence-corrected chi connectivity index (χ0v) is 9.13. The molecule has 7 nitrogen and oxygen atoms in total. The molecule has 0 saturated heterocycles. The van der Waals surface area contributed by atoms with E-state index in [1.807, 2.05) is 5.81 Å². The van der Waals surface area contributed by atoms with E-state index in [0.29, 0.717) is 0 Å². The molecule has 1 aromatic rings. The summed E-state index contributed by atoms with van der Waals surface area (Å²) in [5, 5.41) is 8.93. The van der Waals surface area contributed by atoms with Gasteiger partial charge in [-0.05, 0) is 0 Å². The molecule has 0 aromatic carbocycles. The number of nitrogens with two attached hydrogens (primary N) is 1. The van der Waals surface area contributed by atoms with E-state index in [1.165, 1.54) is 16.8 Å². The first kappa shape index (κ1) is 12.7. The molecule has 0 amide bonds. The molecule has 0 aliphatic carbocycles. The number of nitrogens with zero attached hydrogens (tertiary/aromatic N) is 2. The summed E-state index contributed by atoms with van der Waals surface area (Å²) in [4.78, 5) is 14.8. The maximum atomic E-state index is 11.3. The van der Waals surface area contributed by atoms with Crippen LogP contribution in [0.1, 0.15) is 0 Å². The van der Waals surface area contributed by atoms with Gasteiger partial charge in [-0.2, -0.15) is 0 Å². The molecule has 16 heavy (non-hydrogen) atoms. The zero-order valence-electron chi connectivity index (χ0n) is 8.24. The number of aromatic nitrogens is 2. The molecule has 0 fully saturated rings. The van der Waals surface area contributed by atoms with Crippen LogP contribution in [0.2, 0.25) is 0 Å². The summed E-state index contributed by atoms with van der Waals surface area (Å²) in [6, 6.07) is 1.45. The van der Waals surface area contributed by atoms with Gasteiger partial charge in [0, 0.05) is 0 Å². The van der Waals surface area contributed by atoms with Crippen LogP contribution in [0.4, 0.5) is 5.82 Å². The van der Waals surface area contributed by atoms with E-state index >= 15 is 0 Å². The van der Waals surface area contributed by atoms with E-state index < -0.39 is 19.7 Å². The molecule has 0 bridgehead atoms. The van der Waals surface area contributed by atoms with Gasteiger partial charge >= 0.3 is 91.2 Å². The minimum atomic E-state index is -0.704. The molecule has 1 unspecified atom stereocenters. The van der Waals surface area contributed by atoms with Crippen molar-refractivity contribution in [3.63, 3.8) is 0 Å². The molecule has 3 N–H and O–H groups in total. The minimum absolute atomic E-state index is 0.0745. The van der Waals surface area contributed by atoms with E-state index in [4.69, 9.17) is 15.6 Å². The number of anilines is 1. The molecular formula is C8H10N3O4P. The number of ether oxygens (including phenoxy) is 1. The fourth-order valence-corrected chi connectivity index (χ4v) is 1.22. The molecule has 1 atom stereocenters. The van der Waals surface area contributed by atoms with Crippen molar-refractivity contribution in [3.05, 3.63) is 22.7 Å².